The highest BCUT2D eigenvalue weighted by atomic mass is 16.3. The standard InChI is InChI=1S/C14H19NO/c16-13-7-4-11(5-8-13)14-9-6-12-3-1-2-10-15(12)14/h4-5,7-8,12,14,16H,1-3,6,9-10H2. The van der Waals surface area contributed by atoms with Gasteiger partial charge in [-0.1, -0.05) is 18.6 Å². The lowest BCUT2D eigenvalue weighted by Crippen LogP contribution is -2.35. The summed E-state index contributed by atoms with van der Waals surface area (Å²) in [7, 11) is 0. The molecule has 1 aromatic rings. The molecule has 3 rings (SSSR count). The van der Waals surface area contributed by atoms with Crippen molar-refractivity contribution in [3.63, 3.8) is 0 Å². The molecule has 2 unspecified atom stereocenters. The van der Waals surface area contributed by atoms with Gasteiger partial charge in [0.25, 0.3) is 0 Å². The second kappa shape index (κ2) is 4.10. The van der Waals surface area contributed by atoms with Gasteiger partial charge in [-0.2, -0.15) is 0 Å². The van der Waals surface area contributed by atoms with Gasteiger partial charge in [-0.05, 0) is 49.9 Å². The zero-order valence-corrected chi connectivity index (χ0v) is 9.60. The van der Waals surface area contributed by atoms with E-state index in [1.54, 1.807) is 0 Å². The minimum atomic E-state index is 0.372. The van der Waals surface area contributed by atoms with E-state index in [9.17, 15) is 5.11 Å². The molecule has 2 heteroatoms. The monoisotopic (exact) mass is 217 g/mol. The van der Waals surface area contributed by atoms with E-state index < -0.39 is 0 Å². The van der Waals surface area contributed by atoms with E-state index in [2.05, 4.69) is 17.0 Å². The van der Waals surface area contributed by atoms with Gasteiger partial charge in [0, 0.05) is 12.1 Å². The first kappa shape index (κ1) is 10.2. The van der Waals surface area contributed by atoms with E-state index >= 15 is 0 Å². The first-order chi connectivity index (χ1) is 7.84. The van der Waals surface area contributed by atoms with E-state index in [0.29, 0.717) is 11.8 Å². The summed E-state index contributed by atoms with van der Waals surface area (Å²) in [6, 6.07) is 9.21. The number of hydrogen-bond donors (Lipinski definition) is 1. The molecule has 16 heavy (non-hydrogen) atoms. The topological polar surface area (TPSA) is 23.5 Å². The van der Waals surface area contributed by atoms with Gasteiger partial charge in [0.2, 0.25) is 0 Å². The van der Waals surface area contributed by atoms with Crippen molar-refractivity contribution in [2.75, 3.05) is 6.54 Å². The van der Waals surface area contributed by atoms with E-state index in [0.717, 1.165) is 6.04 Å². The van der Waals surface area contributed by atoms with Crippen LogP contribution in [0, 0.1) is 0 Å². The molecule has 2 aliphatic rings. The Morgan fingerprint density at radius 1 is 1.00 bits per heavy atom. The fourth-order valence-electron chi connectivity index (χ4n) is 3.31. The summed E-state index contributed by atoms with van der Waals surface area (Å²) >= 11 is 0. The zero-order chi connectivity index (χ0) is 11.0. The molecule has 1 N–H and O–H groups in total. The third-order valence-corrected chi connectivity index (χ3v) is 4.12. The minimum Gasteiger partial charge on any atom is -0.508 e. The number of nitrogens with zero attached hydrogens (tertiary/aromatic N) is 1. The summed E-state index contributed by atoms with van der Waals surface area (Å²) in [5.41, 5.74) is 1.38. The molecular formula is C14H19NO. The molecule has 0 radical (unpaired) electrons. The lowest BCUT2D eigenvalue weighted by atomic mass is 10.0. The van der Waals surface area contributed by atoms with Crippen LogP contribution in [-0.2, 0) is 0 Å². The van der Waals surface area contributed by atoms with Crippen molar-refractivity contribution in [2.24, 2.45) is 0 Å². The third-order valence-electron chi connectivity index (χ3n) is 4.12. The summed E-state index contributed by atoms with van der Waals surface area (Å²) < 4.78 is 0. The molecule has 2 nitrogen and oxygen atoms in total. The Labute approximate surface area is 96.9 Å². The van der Waals surface area contributed by atoms with Crippen LogP contribution in [0.4, 0.5) is 0 Å². The van der Waals surface area contributed by atoms with Crippen LogP contribution >= 0.6 is 0 Å². The highest BCUT2D eigenvalue weighted by Crippen LogP contribution is 2.40. The first-order valence-electron chi connectivity index (χ1n) is 6.39. The van der Waals surface area contributed by atoms with Crippen LogP contribution in [0.15, 0.2) is 24.3 Å². The molecule has 0 aliphatic carbocycles. The second-order valence-electron chi connectivity index (χ2n) is 5.07. The van der Waals surface area contributed by atoms with Crippen molar-refractivity contribution in [3.8, 4) is 5.75 Å². The number of fused-ring (bicyclic) bond motifs is 1. The van der Waals surface area contributed by atoms with Gasteiger partial charge in [0.05, 0.1) is 0 Å². The number of benzene rings is 1. The summed E-state index contributed by atoms with van der Waals surface area (Å²) in [5.74, 6) is 0.372. The molecular weight excluding hydrogens is 198 g/mol. The van der Waals surface area contributed by atoms with Crippen LogP contribution in [-0.4, -0.2) is 22.6 Å². The molecule has 0 saturated carbocycles. The van der Waals surface area contributed by atoms with Gasteiger partial charge >= 0.3 is 0 Å². The molecule has 2 saturated heterocycles. The fourth-order valence-corrected chi connectivity index (χ4v) is 3.31. The Kier molecular flexibility index (Phi) is 2.60. The van der Waals surface area contributed by atoms with E-state index in [4.69, 9.17) is 0 Å². The van der Waals surface area contributed by atoms with Crippen molar-refractivity contribution in [2.45, 2.75) is 44.2 Å². The van der Waals surface area contributed by atoms with Crippen molar-refractivity contribution in [3.05, 3.63) is 29.8 Å². The number of piperidine rings is 1. The van der Waals surface area contributed by atoms with Crippen LogP contribution in [0.1, 0.15) is 43.7 Å². The molecule has 0 aromatic heterocycles. The van der Waals surface area contributed by atoms with Crippen molar-refractivity contribution in [1.29, 1.82) is 0 Å². The highest BCUT2D eigenvalue weighted by molar-refractivity contribution is 5.28. The van der Waals surface area contributed by atoms with Crippen LogP contribution in [0.2, 0.25) is 0 Å². The summed E-state index contributed by atoms with van der Waals surface area (Å²) in [4.78, 5) is 2.68. The molecule has 2 aliphatic heterocycles. The van der Waals surface area contributed by atoms with E-state index in [-0.39, 0.29) is 0 Å². The van der Waals surface area contributed by atoms with Crippen LogP contribution in [0.3, 0.4) is 0 Å². The number of phenols is 1. The van der Waals surface area contributed by atoms with Gasteiger partial charge in [0.15, 0.2) is 0 Å². The molecule has 2 atom stereocenters. The maximum Gasteiger partial charge on any atom is 0.115 e. The maximum atomic E-state index is 9.32. The predicted octanol–water partition coefficient (Wildman–Crippen LogP) is 3.08. The van der Waals surface area contributed by atoms with Crippen molar-refractivity contribution >= 4 is 0 Å². The lowest BCUT2D eigenvalue weighted by Gasteiger charge is -2.34. The van der Waals surface area contributed by atoms with Crippen molar-refractivity contribution < 1.29 is 5.11 Å². The van der Waals surface area contributed by atoms with E-state index in [1.807, 2.05) is 12.1 Å². The zero-order valence-electron chi connectivity index (χ0n) is 9.60. The molecule has 1 aromatic carbocycles. The second-order valence-corrected chi connectivity index (χ2v) is 5.07. The van der Waals surface area contributed by atoms with Crippen LogP contribution in [0.25, 0.3) is 0 Å². The fraction of sp³-hybridized carbons (Fsp3) is 0.571. The average molecular weight is 217 g/mol. The largest absolute Gasteiger partial charge is 0.508 e. The Balaban J connectivity index is 1.82. The Morgan fingerprint density at radius 3 is 2.62 bits per heavy atom. The number of hydrogen-bond acceptors (Lipinski definition) is 2. The molecule has 86 valence electrons. The predicted molar refractivity (Wildman–Crippen MR) is 64.4 cm³/mol. The normalized spacial score (nSPS) is 30.2. The Bertz CT molecular complexity index is 360. The van der Waals surface area contributed by atoms with E-state index in [1.165, 1.54) is 44.2 Å². The molecule has 2 heterocycles. The molecule has 0 bridgehead atoms. The summed E-state index contributed by atoms with van der Waals surface area (Å²) in [6.07, 6.45) is 6.78. The SMILES string of the molecule is Oc1ccc(C2CCC3CCCCN32)cc1. The molecule has 2 fully saturated rings. The van der Waals surface area contributed by atoms with Gasteiger partial charge < -0.3 is 5.11 Å². The number of aromatic hydroxyl groups is 1. The Hall–Kier alpha value is -1.02. The number of phenolic OH excluding ortho intramolecular Hbond substituents is 1. The van der Waals surface area contributed by atoms with Crippen LogP contribution < -0.4 is 0 Å². The number of rotatable bonds is 1. The first-order valence-corrected chi connectivity index (χ1v) is 6.39. The minimum absolute atomic E-state index is 0.372. The molecule has 0 spiro atoms. The van der Waals surface area contributed by atoms with Gasteiger partial charge in [-0.15, -0.1) is 0 Å². The summed E-state index contributed by atoms with van der Waals surface area (Å²) in [6.45, 7) is 1.26. The Morgan fingerprint density at radius 2 is 1.81 bits per heavy atom. The summed E-state index contributed by atoms with van der Waals surface area (Å²) in [5, 5.41) is 9.32. The van der Waals surface area contributed by atoms with Crippen LogP contribution in [0.5, 0.6) is 5.75 Å². The smallest absolute Gasteiger partial charge is 0.115 e. The van der Waals surface area contributed by atoms with Gasteiger partial charge in [0.1, 0.15) is 5.75 Å². The maximum absolute atomic E-state index is 9.32. The molecule has 0 amide bonds. The third kappa shape index (κ3) is 1.71. The van der Waals surface area contributed by atoms with Gasteiger partial charge in [-0.3, -0.25) is 4.90 Å². The van der Waals surface area contributed by atoms with Crippen molar-refractivity contribution in [1.82, 2.24) is 4.90 Å². The quantitative estimate of drug-likeness (QED) is 0.781. The highest BCUT2D eigenvalue weighted by Gasteiger charge is 2.35. The van der Waals surface area contributed by atoms with Gasteiger partial charge in [-0.25, -0.2) is 0 Å². The lowest BCUT2D eigenvalue weighted by molar-refractivity contribution is 0.150. The average Bonchev–Trinajstić information content (AvgIpc) is 2.74.